The minimum absolute atomic E-state index is 0.178. The van der Waals surface area contributed by atoms with Crippen LogP contribution in [0.2, 0.25) is 0 Å². The van der Waals surface area contributed by atoms with Gasteiger partial charge in [0.15, 0.2) is 35.7 Å². The fraction of sp³-hybridized carbons (Fsp3) is 0.673. The minimum Gasteiger partial charge on any atom is -0.493 e. The summed E-state index contributed by atoms with van der Waals surface area (Å²) in [5.41, 5.74) is 4.14. The van der Waals surface area contributed by atoms with Crippen molar-refractivity contribution in [1.82, 2.24) is 5.32 Å². The van der Waals surface area contributed by atoms with Crippen molar-refractivity contribution in [3.8, 4) is 34.3 Å². The fourth-order valence-electron chi connectivity index (χ4n) is 13.5. The molecule has 2 aliphatic heterocycles. The van der Waals surface area contributed by atoms with Gasteiger partial charge in [0.2, 0.25) is 18.4 Å². The molecule has 3 N–H and O–H groups in total. The molecule has 0 radical (unpaired) electrons. The Labute approximate surface area is 345 Å². The number of methoxy groups -OCH3 is 1. The molecule has 58 heavy (non-hydrogen) atoms. The van der Waals surface area contributed by atoms with Crippen LogP contribution >= 0.6 is 0 Å². The van der Waals surface area contributed by atoms with E-state index in [1.54, 1.807) is 7.11 Å². The van der Waals surface area contributed by atoms with E-state index in [1.807, 2.05) is 6.07 Å². The van der Waals surface area contributed by atoms with Crippen LogP contribution in [-0.4, -0.2) is 55.4 Å². The molecule has 10 atom stereocenters. The summed E-state index contributed by atoms with van der Waals surface area (Å²) in [7, 11) is 1.70. The van der Waals surface area contributed by atoms with Crippen molar-refractivity contribution in [1.29, 1.82) is 0 Å². The third kappa shape index (κ3) is 7.14. The summed E-state index contributed by atoms with van der Waals surface area (Å²) in [5, 5.41) is 27.4. The normalized spacial score (nSPS) is 32.3. The number of aliphatic hydroxyl groups is 2. The predicted octanol–water partition coefficient (Wildman–Crippen LogP) is 8.55. The Morgan fingerprint density at radius 3 is 2.60 bits per heavy atom. The smallest absolute Gasteiger partial charge is 0.231 e. The van der Waals surface area contributed by atoms with Gasteiger partial charge in [0.1, 0.15) is 0 Å². The molecule has 9 nitrogen and oxygen atoms in total. The number of nitrogens with one attached hydrogen (secondary N) is 1. The van der Waals surface area contributed by atoms with E-state index in [1.165, 1.54) is 42.5 Å². The molecule has 6 aliphatic rings. The highest BCUT2D eigenvalue weighted by atomic mass is 16.7. The van der Waals surface area contributed by atoms with Crippen LogP contribution in [0, 0.1) is 46.3 Å². The maximum absolute atomic E-state index is 13.0. The summed E-state index contributed by atoms with van der Waals surface area (Å²) in [6.07, 6.45) is 16.8. The number of hydrogen-bond acceptors (Lipinski definition) is 7. The summed E-state index contributed by atoms with van der Waals surface area (Å²) in [5.74, 6) is 6.46. The maximum Gasteiger partial charge on any atom is 0.231 e. The highest BCUT2D eigenvalue weighted by molar-refractivity contribution is 5.91. The number of carbonyl (C=O) groups is 1. The number of hydrogen-bond donors (Lipinski definition) is 3. The number of amides is 1. The summed E-state index contributed by atoms with van der Waals surface area (Å²) in [4.78, 5) is 13.0. The number of aryl methyl sites for hydroxylation is 2. The number of rotatable bonds is 13. The van der Waals surface area contributed by atoms with Gasteiger partial charge in [-0.25, -0.2) is 0 Å². The molecule has 4 aliphatic carbocycles. The third-order valence-electron chi connectivity index (χ3n) is 16.7. The van der Waals surface area contributed by atoms with Crippen LogP contribution in [0.4, 0.5) is 0 Å². The van der Waals surface area contributed by atoms with Gasteiger partial charge in [-0.3, -0.25) is 4.79 Å². The summed E-state index contributed by atoms with van der Waals surface area (Å²) < 4.78 is 25.8. The van der Waals surface area contributed by atoms with Crippen LogP contribution in [0.15, 0.2) is 36.5 Å². The average molecular weight is 796 g/mol. The Kier molecular flexibility index (Phi) is 11.1. The molecule has 0 saturated heterocycles. The highest BCUT2D eigenvalue weighted by Crippen LogP contribution is 2.68. The number of pyridine rings is 1. The zero-order valence-electron chi connectivity index (χ0n) is 35.4. The lowest BCUT2D eigenvalue weighted by Gasteiger charge is -2.62. The van der Waals surface area contributed by atoms with Gasteiger partial charge in [0.05, 0.1) is 36.9 Å². The van der Waals surface area contributed by atoms with Gasteiger partial charge in [0.25, 0.3) is 0 Å². The fourth-order valence-corrected chi connectivity index (χ4v) is 13.5. The standard InChI is InChI=1S/C49H66N2O7/c1-30(37-11-12-38-46-39(16-19-49(37,38)3)48(2)18-15-34(52)25-33(48)26-41(46)53)9-14-45(54)50-20-7-5-6-8-22-56-47-36-28-51-21-17-32-24-43-44(58-29-57-43)27-35(32)40(51)23-31(36)10-13-42(47)55-4/h10,13,23-24,27-28,30,33-34,37-39,41,46,52-53H,5-9,11-12,14-22,25-26,29H2,1-4H3/p+1/t30-,33+,34+,37-,38+,39+,41+,46+,48+,49-/m1/s1. The number of carbonyl (C=O) groups excluding carboxylic acids is 1. The molecule has 4 fully saturated rings. The Bertz CT molecular complexity index is 2000. The molecule has 3 heterocycles. The summed E-state index contributed by atoms with van der Waals surface area (Å²) in [6.45, 7) is 9.89. The largest absolute Gasteiger partial charge is 0.493 e. The first kappa shape index (κ1) is 39.9. The van der Waals surface area contributed by atoms with Crippen molar-refractivity contribution in [2.75, 3.05) is 27.1 Å². The predicted molar refractivity (Wildman–Crippen MR) is 224 cm³/mol. The Balaban J connectivity index is 0.712. The lowest BCUT2D eigenvalue weighted by Crippen LogP contribution is -2.58. The van der Waals surface area contributed by atoms with E-state index in [4.69, 9.17) is 18.9 Å². The van der Waals surface area contributed by atoms with E-state index in [-0.39, 0.29) is 35.7 Å². The van der Waals surface area contributed by atoms with Gasteiger partial charge in [-0.2, -0.15) is 4.57 Å². The van der Waals surface area contributed by atoms with Gasteiger partial charge < -0.3 is 34.5 Å². The van der Waals surface area contributed by atoms with Gasteiger partial charge in [-0.15, -0.1) is 0 Å². The zero-order valence-corrected chi connectivity index (χ0v) is 35.4. The highest BCUT2D eigenvalue weighted by Gasteiger charge is 2.62. The number of aliphatic hydroxyl groups excluding tert-OH is 2. The van der Waals surface area contributed by atoms with E-state index in [0.717, 1.165) is 111 Å². The van der Waals surface area contributed by atoms with Crippen LogP contribution in [0.5, 0.6) is 23.0 Å². The topological polar surface area (TPSA) is 110 Å². The number of nitrogens with zero attached hydrogens (tertiary/aromatic N) is 1. The molecule has 0 spiro atoms. The Morgan fingerprint density at radius 1 is 0.966 bits per heavy atom. The molecule has 9 heteroatoms. The molecule has 0 bridgehead atoms. The Hall–Kier alpha value is -3.56. The maximum atomic E-state index is 13.0. The van der Waals surface area contributed by atoms with E-state index in [0.29, 0.717) is 48.5 Å². The van der Waals surface area contributed by atoms with Gasteiger partial charge in [-0.1, -0.05) is 33.6 Å². The molecule has 1 aromatic heterocycles. The van der Waals surface area contributed by atoms with E-state index >= 15 is 0 Å². The van der Waals surface area contributed by atoms with Crippen LogP contribution < -0.4 is 28.8 Å². The van der Waals surface area contributed by atoms with Crippen LogP contribution in [0.1, 0.15) is 116 Å². The average Bonchev–Trinajstić information content (AvgIpc) is 3.83. The monoisotopic (exact) mass is 795 g/mol. The molecule has 4 saturated carbocycles. The van der Waals surface area contributed by atoms with E-state index < -0.39 is 0 Å². The quantitative estimate of drug-likeness (QED) is 0.118. The molecule has 3 aromatic rings. The van der Waals surface area contributed by atoms with Gasteiger partial charge in [0, 0.05) is 25.5 Å². The van der Waals surface area contributed by atoms with E-state index in [9.17, 15) is 15.0 Å². The Morgan fingerprint density at radius 2 is 1.76 bits per heavy atom. The lowest BCUT2D eigenvalue weighted by atomic mass is 9.43. The second kappa shape index (κ2) is 16.1. The molecule has 2 aromatic carbocycles. The SMILES string of the molecule is COc1ccc2cc3[n+](cc2c1OCCCCCCNC(=O)CC[C@@H](C)[C@H]1CC[C@H]2[C@@H]4[C@@H](O)C[C@@H]5C[C@@H](O)CC[C@]5(C)[C@H]4CC[C@]12C)CCc1cc2c(cc1-3)OCO2. The zero-order chi connectivity index (χ0) is 40.2. The molecule has 0 unspecified atom stereocenters. The van der Waals surface area contributed by atoms with Crippen molar-refractivity contribution in [3.63, 3.8) is 0 Å². The third-order valence-corrected chi connectivity index (χ3v) is 16.7. The minimum atomic E-state index is -0.239. The number of unbranched alkanes of at least 4 members (excludes halogenated alkanes) is 3. The summed E-state index contributed by atoms with van der Waals surface area (Å²) >= 11 is 0. The van der Waals surface area contributed by atoms with E-state index in [2.05, 4.69) is 61.1 Å². The first-order chi connectivity index (χ1) is 28.1. The molecular formula is C49H67N2O7+. The van der Waals surface area contributed by atoms with Crippen LogP contribution in [0.3, 0.4) is 0 Å². The van der Waals surface area contributed by atoms with Crippen molar-refractivity contribution in [2.45, 2.75) is 136 Å². The first-order valence-corrected chi connectivity index (χ1v) is 22.8. The van der Waals surface area contributed by atoms with Crippen LogP contribution in [0.25, 0.3) is 22.0 Å². The molecule has 9 rings (SSSR count). The first-order valence-electron chi connectivity index (χ1n) is 22.8. The van der Waals surface area contributed by atoms with Crippen molar-refractivity contribution >= 4 is 16.7 Å². The second-order valence-corrected chi connectivity index (χ2v) is 19.6. The number of fused-ring (bicyclic) bond motifs is 10. The van der Waals surface area contributed by atoms with Crippen molar-refractivity contribution in [3.05, 3.63) is 42.1 Å². The van der Waals surface area contributed by atoms with Gasteiger partial charge in [-0.05, 0) is 152 Å². The van der Waals surface area contributed by atoms with Crippen molar-refractivity contribution < 1.29 is 38.5 Å². The molecule has 314 valence electrons. The number of ether oxygens (including phenoxy) is 4. The molecule has 1 amide bonds. The number of benzene rings is 2. The second-order valence-electron chi connectivity index (χ2n) is 19.6. The molecular weight excluding hydrogens is 729 g/mol. The summed E-state index contributed by atoms with van der Waals surface area (Å²) in [6, 6.07) is 10.6. The van der Waals surface area contributed by atoms with Crippen molar-refractivity contribution in [2.24, 2.45) is 46.3 Å². The lowest BCUT2D eigenvalue weighted by molar-refractivity contribution is -0.686. The van der Waals surface area contributed by atoms with Gasteiger partial charge >= 0.3 is 0 Å². The number of aromatic nitrogens is 1. The van der Waals surface area contributed by atoms with Crippen LogP contribution in [-0.2, 0) is 17.8 Å².